The van der Waals surface area contributed by atoms with Gasteiger partial charge in [0.15, 0.2) is 5.78 Å². The molecule has 0 heterocycles. The highest BCUT2D eigenvalue weighted by Crippen LogP contribution is 2.55. The molecule has 0 unspecified atom stereocenters. The highest BCUT2D eigenvalue weighted by Gasteiger charge is 2.54. The number of hydrogen-bond donors (Lipinski definition) is 0. The van der Waals surface area contributed by atoms with Crippen LogP contribution in [-0.2, 0) is 23.9 Å². The average molecular weight is 405 g/mol. The Hall–Kier alpha value is -1.91. The molecule has 29 heavy (non-hydrogen) atoms. The Morgan fingerprint density at radius 2 is 1.83 bits per heavy atom. The quantitative estimate of drug-likeness (QED) is 0.499. The van der Waals surface area contributed by atoms with Gasteiger partial charge in [-0.15, -0.1) is 0 Å². The number of allylic oxidation sites excluding steroid dienone is 3. The molecule has 2 aliphatic rings. The van der Waals surface area contributed by atoms with Crippen molar-refractivity contribution in [2.24, 2.45) is 23.2 Å². The summed E-state index contributed by atoms with van der Waals surface area (Å²) in [6.07, 6.45) is 8.37. The second-order valence-electron chi connectivity index (χ2n) is 9.72. The molecule has 2 rings (SSSR count). The van der Waals surface area contributed by atoms with Crippen molar-refractivity contribution < 1.29 is 23.9 Å². The lowest BCUT2D eigenvalue weighted by atomic mass is 9.68. The molecule has 5 heteroatoms. The van der Waals surface area contributed by atoms with Crippen LogP contribution in [0.15, 0.2) is 23.8 Å². The van der Waals surface area contributed by atoms with Crippen LogP contribution >= 0.6 is 0 Å². The summed E-state index contributed by atoms with van der Waals surface area (Å²) in [5.41, 5.74) is 0.0118. The van der Waals surface area contributed by atoms with E-state index in [1.165, 1.54) is 13.8 Å². The lowest BCUT2D eigenvalue weighted by Gasteiger charge is -2.42. The van der Waals surface area contributed by atoms with E-state index in [1.54, 1.807) is 6.08 Å². The van der Waals surface area contributed by atoms with Crippen LogP contribution in [0.2, 0.25) is 0 Å². The Kier molecular flexibility index (Phi) is 7.13. The molecule has 0 aromatic rings. The highest BCUT2D eigenvalue weighted by molar-refractivity contribution is 5.90. The van der Waals surface area contributed by atoms with E-state index in [0.717, 1.165) is 18.4 Å². The van der Waals surface area contributed by atoms with Gasteiger partial charge in [-0.3, -0.25) is 14.4 Å². The molecular formula is C24H36O5. The normalized spacial score (nSPS) is 36.2. The van der Waals surface area contributed by atoms with Crippen molar-refractivity contribution in [3.8, 4) is 0 Å². The van der Waals surface area contributed by atoms with Gasteiger partial charge >= 0.3 is 11.9 Å². The van der Waals surface area contributed by atoms with Crippen molar-refractivity contribution in [3.63, 3.8) is 0 Å². The summed E-state index contributed by atoms with van der Waals surface area (Å²) in [6, 6.07) is 0. The van der Waals surface area contributed by atoms with Crippen LogP contribution in [0.3, 0.4) is 0 Å². The minimum atomic E-state index is -0.681. The van der Waals surface area contributed by atoms with Crippen molar-refractivity contribution in [1.82, 2.24) is 0 Å². The molecule has 0 aliphatic heterocycles. The van der Waals surface area contributed by atoms with Crippen LogP contribution in [-0.4, -0.2) is 29.4 Å². The Morgan fingerprint density at radius 3 is 2.41 bits per heavy atom. The zero-order chi connectivity index (χ0) is 22.0. The number of esters is 2. The van der Waals surface area contributed by atoms with E-state index in [2.05, 4.69) is 19.1 Å². The third-order valence-corrected chi connectivity index (χ3v) is 6.47. The van der Waals surface area contributed by atoms with Gasteiger partial charge in [-0.1, -0.05) is 31.6 Å². The predicted octanol–water partition coefficient (Wildman–Crippen LogP) is 4.79. The van der Waals surface area contributed by atoms with Gasteiger partial charge in [0.2, 0.25) is 0 Å². The van der Waals surface area contributed by atoms with Crippen molar-refractivity contribution in [1.29, 1.82) is 0 Å². The van der Waals surface area contributed by atoms with Crippen LogP contribution in [0.25, 0.3) is 0 Å². The molecule has 0 saturated heterocycles. The Morgan fingerprint density at radius 1 is 1.17 bits per heavy atom. The molecule has 0 amide bonds. The van der Waals surface area contributed by atoms with Gasteiger partial charge in [-0.2, -0.15) is 0 Å². The van der Waals surface area contributed by atoms with Crippen molar-refractivity contribution in [2.45, 2.75) is 85.9 Å². The second kappa shape index (κ2) is 8.85. The fourth-order valence-corrected chi connectivity index (χ4v) is 5.31. The van der Waals surface area contributed by atoms with Gasteiger partial charge in [0.1, 0.15) is 11.7 Å². The van der Waals surface area contributed by atoms with Crippen LogP contribution in [0.5, 0.6) is 0 Å². The third-order valence-electron chi connectivity index (χ3n) is 6.47. The summed E-state index contributed by atoms with van der Waals surface area (Å²) < 4.78 is 11.6. The third kappa shape index (κ3) is 5.80. The first-order chi connectivity index (χ1) is 13.3. The van der Waals surface area contributed by atoms with Crippen molar-refractivity contribution >= 4 is 17.7 Å². The van der Waals surface area contributed by atoms with Gasteiger partial charge in [-0.05, 0) is 51.0 Å². The first-order valence-electron chi connectivity index (χ1n) is 10.6. The van der Waals surface area contributed by atoms with E-state index >= 15 is 0 Å². The van der Waals surface area contributed by atoms with E-state index < -0.39 is 5.60 Å². The van der Waals surface area contributed by atoms with Crippen molar-refractivity contribution in [2.75, 3.05) is 0 Å². The van der Waals surface area contributed by atoms with E-state index in [1.807, 2.05) is 27.7 Å². The van der Waals surface area contributed by atoms with Crippen LogP contribution in [0.4, 0.5) is 0 Å². The fraction of sp³-hybridized carbons (Fsp3) is 0.708. The summed E-state index contributed by atoms with van der Waals surface area (Å²) in [4.78, 5) is 36.1. The van der Waals surface area contributed by atoms with Gasteiger partial charge in [0.05, 0.1) is 0 Å². The molecule has 2 aliphatic carbocycles. The monoisotopic (exact) mass is 404 g/mol. The number of carbonyl (C=O) groups excluding carboxylic acids is 3. The lowest BCUT2D eigenvalue weighted by Crippen LogP contribution is -2.46. The van der Waals surface area contributed by atoms with Gasteiger partial charge < -0.3 is 9.47 Å². The molecule has 5 atom stereocenters. The Balaban J connectivity index is 2.56. The maximum Gasteiger partial charge on any atom is 0.303 e. The zero-order valence-electron chi connectivity index (χ0n) is 18.9. The molecule has 5 nitrogen and oxygen atoms in total. The molecule has 0 aromatic heterocycles. The maximum atomic E-state index is 12.4. The molecule has 0 aromatic carbocycles. The van der Waals surface area contributed by atoms with E-state index in [4.69, 9.17) is 9.47 Å². The summed E-state index contributed by atoms with van der Waals surface area (Å²) >= 11 is 0. The number of ketones is 1. The second-order valence-corrected chi connectivity index (χ2v) is 9.72. The highest BCUT2D eigenvalue weighted by atomic mass is 16.6. The van der Waals surface area contributed by atoms with E-state index in [9.17, 15) is 14.4 Å². The molecule has 0 spiro atoms. The topological polar surface area (TPSA) is 69.7 Å². The fourth-order valence-electron chi connectivity index (χ4n) is 5.31. The standard InChI is InChI=1S/C24H36O5/c1-15-8-10-24(7)11-9-20(23(5,6)29-18(4)26)22(24)21(28-17(3)25)14-16(2)13-19(27)12-15/h8,10,13,15,20-22H,9,11-12,14H2,1-7H3/b10-8+,16-13-/t15-,20+,21-,22+,24-/m0/s1. The summed E-state index contributed by atoms with van der Waals surface area (Å²) in [5.74, 6) is -0.412. The largest absolute Gasteiger partial charge is 0.462 e. The van der Waals surface area contributed by atoms with Crippen molar-refractivity contribution in [3.05, 3.63) is 23.8 Å². The molecule has 0 N–H and O–H groups in total. The lowest BCUT2D eigenvalue weighted by molar-refractivity contribution is -0.168. The smallest absolute Gasteiger partial charge is 0.303 e. The predicted molar refractivity (Wildman–Crippen MR) is 112 cm³/mol. The minimum absolute atomic E-state index is 0.0271. The number of ether oxygens (including phenoxy) is 2. The Bertz CT molecular complexity index is 717. The number of rotatable bonds is 3. The van der Waals surface area contributed by atoms with E-state index in [0.29, 0.717) is 12.8 Å². The van der Waals surface area contributed by atoms with Gasteiger partial charge in [0, 0.05) is 38.5 Å². The van der Waals surface area contributed by atoms with E-state index in [-0.39, 0.29) is 47.0 Å². The SMILES string of the molecule is CC(=O)O[C@H]1C/C(C)=C\C(=O)C[C@@H](C)/C=C/[C@@]2(C)CC[C@@H](C(C)(C)OC(C)=O)[C@H]12. The first-order valence-corrected chi connectivity index (χ1v) is 10.6. The Labute approximate surface area is 174 Å². The number of hydrogen-bond acceptors (Lipinski definition) is 5. The minimum Gasteiger partial charge on any atom is -0.462 e. The molecule has 0 radical (unpaired) electrons. The first kappa shape index (κ1) is 23.4. The summed E-state index contributed by atoms with van der Waals surface area (Å²) in [7, 11) is 0. The zero-order valence-corrected chi connectivity index (χ0v) is 18.9. The summed E-state index contributed by atoms with van der Waals surface area (Å²) in [6.45, 7) is 12.9. The van der Waals surface area contributed by atoms with Crippen LogP contribution < -0.4 is 0 Å². The van der Waals surface area contributed by atoms with Gasteiger partial charge in [-0.25, -0.2) is 0 Å². The maximum absolute atomic E-state index is 12.4. The summed E-state index contributed by atoms with van der Waals surface area (Å²) in [5, 5.41) is 0. The molecule has 0 bridgehead atoms. The van der Waals surface area contributed by atoms with Gasteiger partial charge in [0.25, 0.3) is 0 Å². The van der Waals surface area contributed by atoms with Crippen LogP contribution in [0, 0.1) is 23.2 Å². The number of carbonyl (C=O) groups is 3. The molecule has 1 saturated carbocycles. The van der Waals surface area contributed by atoms with Crippen LogP contribution in [0.1, 0.15) is 74.1 Å². The number of fused-ring (bicyclic) bond motifs is 1. The molecule has 162 valence electrons. The average Bonchev–Trinajstić information content (AvgIpc) is 2.88. The molecular weight excluding hydrogens is 368 g/mol. The molecule has 1 fully saturated rings.